The second kappa shape index (κ2) is 7.01. The van der Waals surface area contributed by atoms with Crippen LogP contribution in [0.4, 0.5) is 0 Å². The number of methoxy groups -OCH3 is 1. The maximum atomic E-state index is 13.2. The minimum atomic E-state index is -3.41. The lowest BCUT2D eigenvalue weighted by Crippen LogP contribution is -2.12. The van der Waals surface area contributed by atoms with Gasteiger partial charge in [0, 0.05) is 19.8 Å². The zero-order chi connectivity index (χ0) is 18.0. The second-order valence-corrected chi connectivity index (χ2v) is 7.93. The normalized spacial score (nSPS) is 11.7. The van der Waals surface area contributed by atoms with Crippen molar-refractivity contribution in [3.05, 3.63) is 60.2 Å². The zero-order valence-corrected chi connectivity index (χ0v) is 15.7. The Morgan fingerprint density at radius 1 is 0.880 bits per heavy atom. The van der Waals surface area contributed by atoms with Gasteiger partial charge in [-0.05, 0) is 47.0 Å². The van der Waals surface area contributed by atoms with Crippen molar-refractivity contribution in [1.82, 2.24) is 0 Å². The van der Waals surface area contributed by atoms with E-state index in [9.17, 15) is 4.57 Å². The Labute approximate surface area is 147 Å². The molecule has 0 saturated heterocycles. The molecule has 3 rings (SSSR count). The summed E-state index contributed by atoms with van der Waals surface area (Å²) in [6.45, 7) is 2.01. The standard InChI is InChI=1S/C20H21O4P/c1-14-13-16(22-2)10-11-17(14)20-18-8-6-5-7-15(18)9-12-19(20)25(21,23-3)24-4/h5-13H,1-4H3. The Kier molecular flexibility index (Phi) is 4.96. The third-order valence-corrected chi connectivity index (χ3v) is 6.31. The molecule has 5 heteroatoms. The highest BCUT2D eigenvalue weighted by atomic mass is 31.2. The molecule has 4 nitrogen and oxygen atoms in total. The van der Waals surface area contributed by atoms with Gasteiger partial charge in [-0.1, -0.05) is 36.4 Å². The molecule has 0 radical (unpaired) electrons. The lowest BCUT2D eigenvalue weighted by atomic mass is 9.95. The molecular weight excluding hydrogens is 335 g/mol. The van der Waals surface area contributed by atoms with E-state index in [4.69, 9.17) is 13.8 Å². The highest BCUT2D eigenvalue weighted by molar-refractivity contribution is 7.62. The number of rotatable bonds is 5. The molecule has 130 valence electrons. The van der Waals surface area contributed by atoms with Crippen molar-refractivity contribution in [3.8, 4) is 16.9 Å². The molecule has 0 amide bonds. The first-order valence-electron chi connectivity index (χ1n) is 7.93. The van der Waals surface area contributed by atoms with E-state index in [1.807, 2.05) is 61.5 Å². The summed E-state index contributed by atoms with van der Waals surface area (Å²) < 4.78 is 29.0. The Balaban J connectivity index is 2.40. The smallest absolute Gasteiger partial charge is 0.361 e. The molecule has 0 saturated carbocycles. The summed E-state index contributed by atoms with van der Waals surface area (Å²) in [5.74, 6) is 0.782. The van der Waals surface area contributed by atoms with Gasteiger partial charge in [0.1, 0.15) is 5.75 Å². The molecule has 0 unspecified atom stereocenters. The fraction of sp³-hybridized carbons (Fsp3) is 0.200. The molecule has 0 atom stereocenters. The van der Waals surface area contributed by atoms with Gasteiger partial charge in [-0.15, -0.1) is 0 Å². The van der Waals surface area contributed by atoms with Crippen molar-refractivity contribution < 1.29 is 18.3 Å². The monoisotopic (exact) mass is 356 g/mol. The van der Waals surface area contributed by atoms with E-state index in [0.29, 0.717) is 5.30 Å². The second-order valence-electron chi connectivity index (χ2n) is 5.72. The molecule has 0 bridgehead atoms. The average Bonchev–Trinajstić information content (AvgIpc) is 2.66. The first-order chi connectivity index (χ1) is 12.0. The molecule has 0 fully saturated rings. The molecule has 0 aliphatic heterocycles. The van der Waals surface area contributed by atoms with E-state index in [0.717, 1.165) is 33.2 Å². The van der Waals surface area contributed by atoms with Gasteiger partial charge in [0.15, 0.2) is 0 Å². The highest BCUT2D eigenvalue weighted by Crippen LogP contribution is 2.49. The summed E-state index contributed by atoms with van der Waals surface area (Å²) in [6.07, 6.45) is 0. The van der Waals surface area contributed by atoms with Crippen LogP contribution in [0.1, 0.15) is 5.56 Å². The van der Waals surface area contributed by atoms with Gasteiger partial charge in [0.05, 0.1) is 12.4 Å². The Bertz CT molecular complexity index is 957. The summed E-state index contributed by atoms with van der Waals surface area (Å²) in [4.78, 5) is 0. The molecule has 0 N–H and O–H groups in total. The van der Waals surface area contributed by atoms with Gasteiger partial charge >= 0.3 is 7.60 Å². The number of benzene rings is 3. The first kappa shape index (κ1) is 17.7. The van der Waals surface area contributed by atoms with Gasteiger partial charge in [-0.3, -0.25) is 4.57 Å². The molecular formula is C20H21O4P. The van der Waals surface area contributed by atoms with Crippen LogP contribution in [0, 0.1) is 6.92 Å². The van der Waals surface area contributed by atoms with E-state index in [-0.39, 0.29) is 0 Å². The minimum absolute atomic E-state index is 0.560. The summed E-state index contributed by atoms with van der Waals surface area (Å²) in [6, 6.07) is 17.6. The van der Waals surface area contributed by atoms with Crippen molar-refractivity contribution >= 4 is 23.7 Å². The number of hydrogen-bond donors (Lipinski definition) is 0. The van der Waals surface area contributed by atoms with E-state index >= 15 is 0 Å². The van der Waals surface area contributed by atoms with Crippen LogP contribution in [0.3, 0.4) is 0 Å². The van der Waals surface area contributed by atoms with Crippen LogP contribution in [-0.2, 0) is 13.6 Å². The van der Waals surface area contributed by atoms with Crippen molar-refractivity contribution in [3.63, 3.8) is 0 Å². The third kappa shape index (κ3) is 3.09. The molecule has 0 aliphatic carbocycles. The number of hydrogen-bond acceptors (Lipinski definition) is 4. The van der Waals surface area contributed by atoms with Crippen LogP contribution in [-0.4, -0.2) is 21.3 Å². The topological polar surface area (TPSA) is 44.8 Å². The Morgan fingerprint density at radius 2 is 1.60 bits per heavy atom. The molecule has 3 aromatic rings. The summed E-state index contributed by atoms with van der Waals surface area (Å²) in [5, 5.41) is 2.63. The Morgan fingerprint density at radius 3 is 2.24 bits per heavy atom. The van der Waals surface area contributed by atoms with Crippen LogP contribution in [0.15, 0.2) is 54.6 Å². The minimum Gasteiger partial charge on any atom is -0.497 e. The molecule has 0 heterocycles. The Hall–Kier alpha value is -2.13. The van der Waals surface area contributed by atoms with Gasteiger partial charge < -0.3 is 13.8 Å². The lowest BCUT2D eigenvalue weighted by molar-refractivity contribution is 0.287. The molecule has 3 aromatic carbocycles. The van der Waals surface area contributed by atoms with Gasteiger partial charge in [-0.2, -0.15) is 0 Å². The largest absolute Gasteiger partial charge is 0.497 e. The molecule has 0 aromatic heterocycles. The maximum Gasteiger partial charge on any atom is 0.361 e. The average molecular weight is 356 g/mol. The van der Waals surface area contributed by atoms with Crippen LogP contribution in [0.5, 0.6) is 5.75 Å². The fourth-order valence-corrected chi connectivity index (χ4v) is 4.40. The van der Waals surface area contributed by atoms with E-state index < -0.39 is 7.60 Å². The van der Waals surface area contributed by atoms with Crippen molar-refractivity contribution in [2.45, 2.75) is 6.92 Å². The summed E-state index contributed by atoms with van der Waals surface area (Å²) in [7, 11) is 1.04. The lowest BCUT2D eigenvalue weighted by Gasteiger charge is -2.20. The number of ether oxygens (including phenoxy) is 1. The van der Waals surface area contributed by atoms with Crippen molar-refractivity contribution in [2.24, 2.45) is 0 Å². The summed E-state index contributed by atoms with van der Waals surface area (Å²) >= 11 is 0. The predicted octanol–water partition coefficient (Wildman–Crippen LogP) is 4.94. The number of aryl methyl sites for hydroxylation is 1. The van der Waals surface area contributed by atoms with Gasteiger partial charge in [0.25, 0.3) is 0 Å². The SMILES string of the molecule is COc1ccc(-c2c(P(=O)(OC)OC)ccc3ccccc23)c(C)c1. The maximum absolute atomic E-state index is 13.2. The molecule has 0 spiro atoms. The molecule has 0 aliphatic rings. The van der Waals surface area contributed by atoms with Crippen molar-refractivity contribution in [1.29, 1.82) is 0 Å². The van der Waals surface area contributed by atoms with E-state index in [2.05, 4.69) is 0 Å². The van der Waals surface area contributed by atoms with Gasteiger partial charge in [0.2, 0.25) is 0 Å². The quantitative estimate of drug-likeness (QED) is 0.608. The van der Waals surface area contributed by atoms with Crippen LogP contribution < -0.4 is 10.0 Å². The van der Waals surface area contributed by atoms with Crippen LogP contribution in [0.25, 0.3) is 21.9 Å². The summed E-state index contributed by atoms with van der Waals surface area (Å²) in [5.41, 5.74) is 2.86. The third-order valence-electron chi connectivity index (χ3n) is 4.39. The van der Waals surface area contributed by atoms with Gasteiger partial charge in [-0.25, -0.2) is 0 Å². The number of fused-ring (bicyclic) bond motifs is 1. The van der Waals surface area contributed by atoms with E-state index in [1.165, 1.54) is 14.2 Å². The molecule has 25 heavy (non-hydrogen) atoms. The van der Waals surface area contributed by atoms with Crippen LogP contribution >= 0.6 is 7.60 Å². The fourth-order valence-electron chi connectivity index (χ4n) is 3.09. The van der Waals surface area contributed by atoms with Crippen LogP contribution in [0.2, 0.25) is 0 Å². The van der Waals surface area contributed by atoms with Crippen molar-refractivity contribution in [2.75, 3.05) is 21.3 Å². The predicted molar refractivity (Wildman–Crippen MR) is 102 cm³/mol. The first-order valence-corrected chi connectivity index (χ1v) is 9.47. The zero-order valence-electron chi connectivity index (χ0n) is 14.8. The van der Waals surface area contributed by atoms with E-state index in [1.54, 1.807) is 7.11 Å². The highest BCUT2D eigenvalue weighted by Gasteiger charge is 2.29.